The summed E-state index contributed by atoms with van der Waals surface area (Å²) in [5.74, 6) is -0.187. The molecule has 0 radical (unpaired) electrons. The van der Waals surface area contributed by atoms with Crippen LogP contribution in [0.2, 0.25) is 0 Å². The van der Waals surface area contributed by atoms with Crippen LogP contribution in [0.3, 0.4) is 0 Å². The lowest BCUT2D eigenvalue weighted by Gasteiger charge is -2.04. The van der Waals surface area contributed by atoms with Crippen LogP contribution in [0.15, 0.2) is 22.2 Å². The van der Waals surface area contributed by atoms with Crippen molar-refractivity contribution < 1.29 is 9.90 Å². The molecule has 0 aliphatic rings. The van der Waals surface area contributed by atoms with E-state index in [-0.39, 0.29) is 5.91 Å². The monoisotopic (exact) mass is 282 g/mol. The van der Waals surface area contributed by atoms with E-state index in [1.165, 1.54) is 11.3 Å². The first kappa shape index (κ1) is 13.2. The van der Waals surface area contributed by atoms with Crippen LogP contribution in [-0.2, 0) is 0 Å². The summed E-state index contributed by atoms with van der Waals surface area (Å²) in [6, 6.07) is 1.98. The summed E-state index contributed by atoms with van der Waals surface area (Å²) in [7, 11) is 0. The standard InChI is InChI=1S/C12H14N2O2S2/c1-8(15)2-4-13-11(16)10-7-18-12(14-10)9-3-5-17-6-9/h3,5-8,15H,2,4H2,1H3,(H,13,16). The second kappa shape index (κ2) is 6.08. The summed E-state index contributed by atoms with van der Waals surface area (Å²) in [5.41, 5.74) is 1.49. The Morgan fingerprint density at radius 2 is 2.39 bits per heavy atom. The number of aromatic nitrogens is 1. The minimum absolute atomic E-state index is 0.187. The van der Waals surface area contributed by atoms with Crippen LogP contribution in [0.4, 0.5) is 0 Å². The Bertz CT molecular complexity index is 506. The van der Waals surface area contributed by atoms with Gasteiger partial charge in [-0.3, -0.25) is 4.79 Å². The molecule has 1 atom stereocenters. The first-order valence-electron chi connectivity index (χ1n) is 5.61. The zero-order chi connectivity index (χ0) is 13.0. The highest BCUT2D eigenvalue weighted by Crippen LogP contribution is 2.25. The van der Waals surface area contributed by atoms with Crippen molar-refractivity contribution in [1.29, 1.82) is 0 Å². The van der Waals surface area contributed by atoms with Gasteiger partial charge >= 0.3 is 0 Å². The molecule has 0 aliphatic heterocycles. The van der Waals surface area contributed by atoms with Gasteiger partial charge in [0.1, 0.15) is 10.7 Å². The maximum Gasteiger partial charge on any atom is 0.270 e. The summed E-state index contributed by atoms with van der Waals surface area (Å²) in [4.78, 5) is 16.1. The second-order valence-corrected chi connectivity index (χ2v) is 5.58. The number of thiazole rings is 1. The van der Waals surface area contributed by atoms with Crippen LogP contribution < -0.4 is 5.32 Å². The van der Waals surface area contributed by atoms with E-state index in [4.69, 9.17) is 5.11 Å². The molecule has 2 N–H and O–H groups in total. The molecule has 2 aromatic heterocycles. The van der Waals surface area contributed by atoms with E-state index in [1.807, 2.05) is 16.8 Å². The fourth-order valence-electron chi connectivity index (χ4n) is 1.38. The third kappa shape index (κ3) is 3.38. The molecule has 2 heterocycles. The molecule has 2 aromatic rings. The van der Waals surface area contributed by atoms with Gasteiger partial charge in [-0.2, -0.15) is 11.3 Å². The van der Waals surface area contributed by atoms with Gasteiger partial charge in [0.2, 0.25) is 0 Å². The fraction of sp³-hybridized carbons (Fsp3) is 0.333. The molecule has 0 fully saturated rings. The quantitative estimate of drug-likeness (QED) is 0.885. The van der Waals surface area contributed by atoms with Crippen LogP contribution in [-0.4, -0.2) is 28.6 Å². The summed E-state index contributed by atoms with van der Waals surface area (Å²) < 4.78 is 0. The van der Waals surface area contributed by atoms with Crippen LogP contribution in [0, 0.1) is 0 Å². The third-order valence-electron chi connectivity index (χ3n) is 2.35. The highest BCUT2D eigenvalue weighted by molar-refractivity contribution is 7.14. The van der Waals surface area contributed by atoms with Gasteiger partial charge in [-0.15, -0.1) is 11.3 Å². The smallest absolute Gasteiger partial charge is 0.270 e. The number of carbonyl (C=O) groups is 1. The zero-order valence-electron chi connectivity index (χ0n) is 9.92. The Balaban J connectivity index is 1.95. The van der Waals surface area contributed by atoms with Gasteiger partial charge in [-0.25, -0.2) is 4.98 Å². The lowest BCUT2D eigenvalue weighted by Crippen LogP contribution is -2.26. The molecule has 96 valence electrons. The predicted octanol–water partition coefficient (Wildman–Crippen LogP) is 2.37. The van der Waals surface area contributed by atoms with Crippen LogP contribution in [0.25, 0.3) is 10.6 Å². The van der Waals surface area contributed by atoms with Gasteiger partial charge in [-0.05, 0) is 24.8 Å². The molecule has 1 amide bonds. The molecule has 0 spiro atoms. The molecule has 0 saturated carbocycles. The van der Waals surface area contributed by atoms with Gasteiger partial charge in [0.25, 0.3) is 5.91 Å². The molecule has 0 bridgehead atoms. The second-order valence-electron chi connectivity index (χ2n) is 3.94. The van der Waals surface area contributed by atoms with E-state index in [0.717, 1.165) is 10.6 Å². The third-order valence-corrected chi connectivity index (χ3v) is 3.93. The van der Waals surface area contributed by atoms with E-state index < -0.39 is 6.10 Å². The first-order valence-corrected chi connectivity index (χ1v) is 7.43. The number of aliphatic hydroxyl groups is 1. The van der Waals surface area contributed by atoms with Crippen molar-refractivity contribution in [3.63, 3.8) is 0 Å². The van der Waals surface area contributed by atoms with E-state index in [0.29, 0.717) is 18.7 Å². The van der Waals surface area contributed by atoms with Gasteiger partial charge in [-0.1, -0.05) is 0 Å². The van der Waals surface area contributed by atoms with Crippen LogP contribution in [0.5, 0.6) is 0 Å². The van der Waals surface area contributed by atoms with Crippen molar-refractivity contribution in [1.82, 2.24) is 10.3 Å². The van der Waals surface area contributed by atoms with E-state index in [9.17, 15) is 4.79 Å². The average molecular weight is 282 g/mol. The molecule has 6 heteroatoms. The normalized spacial score (nSPS) is 12.3. The van der Waals surface area contributed by atoms with Crippen molar-refractivity contribution >= 4 is 28.6 Å². The molecule has 18 heavy (non-hydrogen) atoms. The Kier molecular flexibility index (Phi) is 4.46. The average Bonchev–Trinajstić information content (AvgIpc) is 2.99. The Hall–Kier alpha value is -1.24. The van der Waals surface area contributed by atoms with Gasteiger partial charge in [0, 0.05) is 22.9 Å². The lowest BCUT2D eigenvalue weighted by atomic mass is 10.3. The number of thiophene rings is 1. The van der Waals surface area contributed by atoms with Crippen LogP contribution >= 0.6 is 22.7 Å². The largest absolute Gasteiger partial charge is 0.393 e. The lowest BCUT2D eigenvalue weighted by molar-refractivity contribution is 0.0941. The van der Waals surface area contributed by atoms with E-state index >= 15 is 0 Å². The topological polar surface area (TPSA) is 62.2 Å². The number of amides is 1. The Morgan fingerprint density at radius 3 is 3.06 bits per heavy atom. The minimum atomic E-state index is -0.401. The molecular weight excluding hydrogens is 268 g/mol. The Labute approximate surface area is 113 Å². The highest BCUT2D eigenvalue weighted by atomic mass is 32.1. The number of hydrogen-bond acceptors (Lipinski definition) is 5. The summed E-state index contributed by atoms with van der Waals surface area (Å²) in [6.07, 6.45) is 0.148. The minimum Gasteiger partial charge on any atom is -0.393 e. The van der Waals surface area contributed by atoms with Crippen molar-refractivity contribution in [2.75, 3.05) is 6.54 Å². The van der Waals surface area contributed by atoms with Crippen molar-refractivity contribution in [2.45, 2.75) is 19.4 Å². The fourth-order valence-corrected chi connectivity index (χ4v) is 2.89. The van der Waals surface area contributed by atoms with E-state index in [2.05, 4.69) is 10.3 Å². The molecule has 2 rings (SSSR count). The number of aliphatic hydroxyl groups excluding tert-OH is 1. The van der Waals surface area contributed by atoms with Crippen molar-refractivity contribution in [2.24, 2.45) is 0 Å². The van der Waals surface area contributed by atoms with E-state index in [1.54, 1.807) is 23.6 Å². The number of carbonyl (C=O) groups excluding carboxylic acids is 1. The zero-order valence-corrected chi connectivity index (χ0v) is 11.6. The van der Waals surface area contributed by atoms with Gasteiger partial charge in [0.05, 0.1) is 6.10 Å². The number of hydrogen-bond donors (Lipinski definition) is 2. The van der Waals surface area contributed by atoms with Crippen LogP contribution in [0.1, 0.15) is 23.8 Å². The molecular formula is C12H14N2O2S2. The SMILES string of the molecule is CC(O)CCNC(=O)c1csc(-c2ccsc2)n1. The number of nitrogens with zero attached hydrogens (tertiary/aromatic N) is 1. The molecule has 0 aliphatic carbocycles. The number of rotatable bonds is 5. The van der Waals surface area contributed by atoms with Crippen molar-refractivity contribution in [3.8, 4) is 10.6 Å². The van der Waals surface area contributed by atoms with Crippen molar-refractivity contribution in [3.05, 3.63) is 27.9 Å². The predicted molar refractivity (Wildman–Crippen MR) is 74.1 cm³/mol. The summed E-state index contributed by atoms with van der Waals surface area (Å²) in [6.45, 7) is 2.16. The maximum atomic E-state index is 11.8. The maximum absolute atomic E-state index is 11.8. The van der Waals surface area contributed by atoms with Gasteiger partial charge in [0.15, 0.2) is 0 Å². The molecule has 4 nitrogen and oxygen atoms in total. The van der Waals surface area contributed by atoms with Gasteiger partial charge < -0.3 is 10.4 Å². The molecule has 0 saturated heterocycles. The summed E-state index contributed by atoms with van der Waals surface area (Å²) in [5, 5.41) is 18.4. The Morgan fingerprint density at radius 1 is 1.56 bits per heavy atom. The molecule has 0 aromatic carbocycles. The molecule has 1 unspecified atom stereocenters. The number of nitrogens with one attached hydrogen (secondary N) is 1. The first-order chi connectivity index (χ1) is 8.66. The summed E-state index contributed by atoms with van der Waals surface area (Å²) >= 11 is 3.07. The highest BCUT2D eigenvalue weighted by Gasteiger charge is 2.11.